The number of hydrogen-bond donors (Lipinski definition) is 0. The van der Waals surface area contributed by atoms with Gasteiger partial charge >= 0.3 is 0 Å². The van der Waals surface area contributed by atoms with Crippen LogP contribution in [0.25, 0.3) is 28.1 Å². The molecule has 0 N–H and O–H groups in total. The first kappa shape index (κ1) is 31.3. The third kappa shape index (κ3) is 6.55. The first-order valence-electron chi connectivity index (χ1n) is 17.4. The Hall–Kier alpha value is -5.94. The highest BCUT2D eigenvalue weighted by Gasteiger charge is 2.32. The molecule has 50 heavy (non-hydrogen) atoms. The van der Waals surface area contributed by atoms with E-state index in [1.165, 1.54) is 22.3 Å². The highest BCUT2D eigenvalue weighted by molar-refractivity contribution is 6.13. The summed E-state index contributed by atoms with van der Waals surface area (Å²) in [5.74, 6) is 2.40. The maximum absolute atomic E-state index is 5.46. The van der Waals surface area contributed by atoms with Gasteiger partial charge < -0.3 is 4.90 Å². The number of hydrogen-bond acceptors (Lipinski definition) is 5. The van der Waals surface area contributed by atoms with Crippen LogP contribution in [0.2, 0.25) is 0 Å². The summed E-state index contributed by atoms with van der Waals surface area (Å²) in [7, 11) is 2.13. The van der Waals surface area contributed by atoms with Gasteiger partial charge in [-0.25, -0.2) is 9.98 Å². The maximum Gasteiger partial charge on any atom is 0.159 e. The topological polar surface area (TPSA) is 53.7 Å². The average molecular weight is 650 g/mol. The number of likely N-dealkylation sites (N-methyl/N-ethyl adjacent to an activating group) is 1. The molecule has 8 rings (SSSR count). The number of allylic oxidation sites excluding steroid dienone is 7. The van der Waals surface area contributed by atoms with Crippen LogP contribution in [0.3, 0.4) is 0 Å². The van der Waals surface area contributed by atoms with E-state index in [2.05, 4.69) is 138 Å². The fourth-order valence-corrected chi connectivity index (χ4v) is 7.18. The van der Waals surface area contributed by atoms with Crippen molar-refractivity contribution in [2.24, 2.45) is 21.8 Å². The van der Waals surface area contributed by atoms with E-state index in [0.29, 0.717) is 11.8 Å². The van der Waals surface area contributed by atoms with E-state index in [4.69, 9.17) is 9.98 Å². The van der Waals surface area contributed by atoms with Gasteiger partial charge in [-0.15, -0.1) is 0 Å². The van der Waals surface area contributed by atoms with Crippen molar-refractivity contribution in [2.75, 3.05) is 7.05 Å². The molecule has 3 aliphatic rings. The molecule has 1 aliphatic heterocycles. The molecule has 2 aliphatic carbocycles. The molecule has 0 fully saturated rings. The molecule has 0 spiro atoms. The molecule has 244 valence electrons. The summed E-state index contributed by atoms with van der Waals surface area (Å²) < 4.78 is 0. The number of amidine groups is 2. The average Bonchev–Trinajstić information content (AvgIpc) is 3.19. The van der Waals surface area contributed by atoms with Crippen molar-refractivity contribution in [1.29, 1.82) is 0 Å². The monoisotopic (exact) mass is 649 g/mol. The fourth-order valence-electron chi connectivity index (χ4n) is 7.18. The fraction of sp³-hybridized carbons (Fsp3) is 0.156. The Labute approximate surface area is 294 Å². The van der Waals surface area contributed by atoms with Crippen LogP contribution in [0.5, 0.6) is 0 Å². The van der Waals surface area contributed by atoms with Gasteiger partial charge in [0.1, 0.15) is 12.0 Å². The van der Waals surface area contributed by atoms with Crippen LogP contribution < -0.4 is 0 Å². The lowest BCUT2D eigenvalue weighted by Gasteiger charge is -2.36. The largest absolute Gasteiger partial charge is 0.333 e. The van der Waals surface area contributed by atoms with Crippen LogP contribution in [-0.2, 0) is 0 Å². The molecule has 3 aromatic carbocycles. The number of pyridine rings is 2. The lowest BCUT2D eigenvalue weighted by molar-refractivity contribution is 0.400. The van der Waals surface area contributed by atoms with E-state index < -0.39 is 0 Å². The first-order chi connectivity index (χ1) is 24.6. The van der Waals surface area contributed by atoms with E-state index in [1.54, 1.807) is 0 Å². The molecule has 0 saturated heterocycles. The molecule has 2 aromatic heterocycles. The van der Waals surface area contributed by atoms with Gasteiger partial charge in [0.2, 0.25) is 0 Å². The summed E-state index contributed by atoms with van der Waals surface area (Å²) >= 11 is 0. The molecule has 0 bridgehead atoms. The van der Waals surface area contributed by atoms with Gasteiger partial charge in [-0.05, 0) is 71.9 Å². The van der Waals surface area contributed by atoms with E-state index >= 15 is 0 Å². The maximum atomic E-state index is 5.46. The summed E-state index contributed by atoms with van der Waals surface area (Å²) in [6.07, 6.45) is 17.1. The minimum atomic E-state index is -0.249. The minimum Gasteiger partial charge on any atom is -0.333 e. The van der Waals surface area contributed by atoms with E-state index in [0.717, 1.165) is 52.3 Å². The van der Waals surface area contributed by atoms with Crippen LogP contribution in [0.1, 0.15) is 36.5 Å². The molecule has 3 unspecified atom stereocenters. The number of aromatic nitrogens is 2. The predicted octanol–water partition coefficient (Wildman–Crippen LogP) is 9.83. The molecule has 0 radical (unpaired) electrons. The van der Waals surface area contributed by atoms with Crippen LogP contribution in [0.15, 0.2) is 179 Å². The third-order valence-corrected chi connectivity index (χ3v) is 9.72. The zero-order valence-corrected chi connectivity index (χ0v) is 28.4. The van der Waals surface area contributed by atoms with Crippen molar-refractivity contribution in [3.05, 3.63) is 186 Å². The zero-order chi connectivity index (χ0) is 33.9. The van der Waals surface area contributed by atoms with Gasteiger partial charge in [0.05, 0.1) is 11.4 Å². The van der Waals surface area contributed by atoms with Crippen molar-refractivity contribution < 1.29 is 0 Å². The molecular weight excluding hydrogens is 611 g/mol. The second-order valence-electron chi connectivity index (χ2n) is 13.3. The molecule has 5 heteroatoms. The van der Waals surface area contributed by atoms with Crippen molar-refractivity contribution in [2.45, 2.75) is 25.9 Å². The molecular formula is C45H39N5. The van der Waals surface area contributed by atoms with Crippen LogP contribution in [0, 0.1) is 11.8 Å². The van der Waals surface area contributed by atoms with Crippen LogP contribution in [-0.4, -0.2) is 39.8 Å². The second kappa shape index (κ2) is 13.9. The van der Waals surface area contributed by atoms with Crippen molar-refractivity contribution in [3.8, 4) is 22.5 Å². The summed E-state index contributed by atoms with van der Waals surface area (Å²) in [5.41, 5.74) is 11.1. The van der Waals surface area contributed by atoms with Crippen LogP contribution >= 0.6 is 0 Å². The summed E-state index contributed by atoms with van der Waals surface area (Å²) in [6, 6.07) is 39.7. The lowest BCUT2D eigenvalue weighted by atomic mass is 9.78. The van der Waals surface area contributed by atoms with Gasteiger partial charge in [-0.3, -0.25) is 9.97 Å². The van der Waals surface area contributed by atoms with Gasteiger partial charge in [-0.2, -0.15) is 0 Å². The Kier molecular flexibility index (Phi) is 8.70. The summed E-state index contributed by atoms with van der Waals surface area (Å²) in [4.78, 5) is 22.3. The quantitative estimate of drug-likeness (QED) is 0.176. The SMILES string of the molecule is CC1C=CC=C(C2C=C(c3ccccc3)C=C(C3N=C(c4cccc(-c5ccccn5)c4)N=C(c4cccc(-c5ccccn5)c4)N3C)C2)C1. The lowest BCUT2D eigenvalue weighted by Crippen LogP contribution is -2.42. The highest BCUT2D eigenvalue weighted by atomic mass is 15.3. The number of nitrogens with zero attached hydrogens (tertiary/aromatic N) is 5. The molecule has 5 nitrogen and oxygen atoms in total. The van der Waals surface area contributed by atoms with E-state index in [9.17, 15) is 0 Å². The summed E-state index contributed by atoms with van der Waals surface area (Å²) in [6.45, 7) is 2.30. The number of aliphatic imine (C=N–C) groups is 2. The third-order valence-electron chi connectivity index (χ3n) is 9.72. The highest BCUT2D eigenvalue weighted by Crippen LogP contribution is 2.39. The number of benzene rings is 3. The van der Waals surface area contributed by atoms with Crippen LogP contribution in [0.4, 0.5) is 0 Å². The predicted molar refractivity (Wildman–Crippen MR) is 206 cm³/mol. The molecule has 3 atom stereocenters. The Balaban J connectivity index is 1.25. The number of rotatable bonds is 7. The standard InChI is InChI=1S/C45H39N5/c1-31-13-10-16-33(25-31)39-28-38(32-14-4-3-5-15-32)29-40(30-39)45-49-43(36-19-11-17-34(26-36)41-21-6-8-23-46-41)48-44(50(45)2)37-20-12-18-35(27-37)42-22-7-9-24-47-42/h3-24,26-29,31,39,45H,25,30H2,1-2H3. The smallest absolute Gasteiger partial charge is 0.159 e. The van der Waals surface area contributed by atoms with Gasteiger partial charge in [0.25, 0.3) is 0 Å². The summed E-state index contributed by atoms with van der Waals surface area (Å²) in [5, 5.41) is 0. The Bertz CT molecular complexity index is 2190. The Morgan fingerprint density at radius 1 is 0.640 bits per heavy atom. The Morgan fingerprint density at radius 3 is 1.96 bits per heavy atom. The van der Waals surface area contributed by atoms with Crippen molar-refractivity contribution in [3.63, 3.8) is 0 Å². The molecule has 5 aromatic rings. The molecule has 3 heterocycles. The second-order valence-corrected chi connectivity index (χ2v) is 13.3. The zero-order valence-electron chi connectivity index (χ0n) is 28.4. The van der Waals surface area contributed by atoms with Gasteiger partial charge in [0, 0.05) is 47.6 Å². The normalized spacial score (nSPS) is 20.3. The molecule has 0 saturated carbocycles. The van der Waals surface area contributed by atoms with E-state index in [-0.39, 0.29) is 12.1 Å². The Morgan fingerprint density at radius 2 is 1.28 bits per heavy atom. The first-order valence-corrected chi connectivity index (χ1v) is 17.4. The van der Waals surface area contributed by atoms with Gasteiger partial charge in [-0.1, -0.05) is 122 Å². The van der Waals surface area contributed by atoms with E-state index in [1.807, 2.05) is 48.8 Å². The van der Waals surface area contributed by atoms with Crippen molar-refractivity contribution in [1.82, 2.24) is 14.9 Å². The minimum absolute atomic E-state index is 0.249. The van der Waals surface area contributed by atoms with Gasteiger partial charge in [0.15, 0.2) is 5.84 Å². The molecule has 0 amide bonds. The van der Waals surface area contributed by atoms with Crippen molar-refractivity contribution >= 4 is 17.2 Å².